The fourth-order valence-corrected chi connectivity index (χ4v) is 0. The normalized spacial score (nSPS) is 8.29. The maximum absolute atomic E-state index is 8.52. The molecule has 0 aromatic carbocycles. The van der Waals surface area contributed by atoms with E-state index in [4.69, 9.17) is 17.5 Å². The molecule has 0 aliphatic heterocycles. The molecular formula is O5SZr. The third kappa shape index (κ3) is 293. The van der Waals surface area contributed by atoms with E-state index in [9.17, 15) is 0 Å². The maximum Gasteiger partial charge on any atom is 4.00 e. The molecule has 0 atom stereocenters. The van der Waals surface area contributed by atoms with Crippen LogP contribution in [0.25, 0.3) is 0 Å². The van der Waals surface area contributed by atoms with Crippen LogP contribution in [0.2, 0.25) is 0 Å². The van der Waals surface area contributed by atoms with Gasteiger partial charge in [-0.1, -0.05) is 0 Å². The first kappa shape index (κ1) is 15.6. The van der Waals surface area contributed by atoms with Crippen LogP contribution in [0.1, 0.15) is 0 Å². The Morgan fingerprint density at radius 1 is 1.14 bits per heavy atom. The molecule has 0 amide bonds. The molecule has 0 fully saturated rings. The average Bonchev–Trinajstić information content (AvgIpc) is 0.722. The van der Waals surface area contributed by atoms with Gasteiger partial charge in [-0.15, -0.1) is 0 Å². The van der Waals surface area contributed by atoms with Crippen molar-refractivity contribution >= 4 is 10.4 Å². The van der Waals surface area contributed by atoms with Crippen molar-refractivity contribution < 1.29 is 49.2 Å². The zero-order valence-corrected chi connectivity index (χ0v) is 6.22. The standard InChI is InChI=1S/H2O4S.O.Zr/c1-5(2,3)4;;/h(H2,1,2,3,4);;/q;-2;+4/p-2. The predicted octanol–water partition coefficient (Wildman–Crippen LogP) is -1.46. The van der Waals surface area contributed by atoms with Crippen molar-refractivity contribution in [3.63, 3.8) is 0 Å². The quantitative estimate of drug-likeness (QED) is 0.354. The minimum atomic E-state index is -5.17. The van der Waals surface area contributed by atoms with Crippen molar-refractivity contribution in [2.24, 2.45) is 0 Å². The Hall–Kier alpha value is 0.713. The number of rotatable bonds is 0. The van der Waals surface area contributed by atoms with Gasteiger partial charge in [-0.25, -0.2) is 0 Å². The van der Waals surface area contributed by atoms with E-state index in [-0.39, 0.29) is 31.7 Å². The summed E-state index contributed by atoms with van der Waals surface area (Å²) in [7, 11) is -5.17. The van der Waals surface area contributed by atoms with E-state index in [1.807, 2.05) is 0 Å². The van der Waals surface area contributed by atoms with Crippen LogP contribution in [0, 0.1) is 0 Å². The summed E-state index contributed by atoms with van der Waals surface area (Å²) in [5, 5.41) is 0. The van der Waals surface area contributed by atoms with E-state index >= 15 is 0 Å². The van der Waals surface area contributed by atoms with E-state index in [2.05, 4.69) is 0 Å². The monoisotopic (exact) mass is 202 g/mol. The molecule has 40 valence electrons. The second-order valence-electron chi connectivity index (χ2n) is 0.408. The minimum Gasteiger partial charge on any atom is -2.00 e. The average molecular weight is 203 g/mol. The molecule has 0 N–H and O–H groups in total. The molecule has 0 spiro atoms. The molecule has 5 nitrogen and oxygen atoms in total. The first-order valence-corrected chi connectivity index (χ1v) is 2.00. The second kappa shape index (κ2) is 4.86. The predicted molar refractivity (Wildman–Crippen MR) is 11.2 cm³/mol. The molecule has 0 radical (unpaired) electrons. The van der Waals surface area contributed by atoms with Crippen LogP contribution >= 0.6 is 0 Å². The minimum absolute atomic E-state index is 0. The number of hydrogen-bond acceptors (Lipinski definition) is 4. The van der Waals surface area contributed by atoms with Gasteiger partial charge in [-0.3, -0.25) is 8.42 Å². The first-order chi connectivity index (χ1) is 2.00. The molecule has 7 heteroatoms. The SMILES string of the molecule is O=S(=O)([O-])[O-].[O-2].[Zr+4]. The van der Waals surface area contributed by atoms with Gasteiger partial charge in [0.1, 0.15) is 0 Å². The van der Waals surface area contributed by atoms with Crippen LogP contribution in [0.15, 0.2) is 0 Å². The fraction of sp³-hybridized carbons (Fsp3) is 0. The summed E-state index contributed by atoms with van der Waals surface area (Å²) in [4.78, 5) is 0. The molecule has 0 saturated carbocycles. The van der Waals surface area contributed by atoms with Gasteiger partial charge in [0.2, 0.25) is 0 Å². The van der Waals surface area contributed by atoms with Crippen LogP contribution in [-0.4, -0.2) is 17.5 Å². The van der Waals surface area contributed by atoms with Gasteiger partial charge in [0.25, 0.3) is 0 Å². The van der Waals surface area contributed by atoms with Gasteiger partial charge in [-0.2, -0.15) is 0 Å². The van der Waals surface area contributed by atoms with Crippen molar-refractivity contribution in [2.45, 2.75) is 0 Å². The van der Waals surface area contributed by atoms with Crippen LogP contribution in [0.4, 0.5) is 0 Å². The van der Waals surface area contributed by atoms with Crippen LogP contribution < -0.4 is 0 Å². The van der Waals surface area contributed by atoms with E-state index in [0.29, 0.717) is 0 Å². The molecule has 0 bridgehead atoms. The fourth-order valence-electron chi connectivity index (χ4n) is 0. The largest absolute Gasteiger partial charge is 4.00 e. The van der Waals surface area contributed by atoms with Crippen LogP contribution in [0.5, 0.6) is 0 Å². The summed E-state index contributed by atoms with van der Waals surface area (Å²) >= 11 is 0. The topological polar surface area (TPSA) is 109 Å². The van der Waals surface area contributed by atoms with Gasteiger partial charge in [0, 0.05) is 10.4 Å². The molecule has 0 aliphatic carbocycles. The van der Waals surface area contributed by atoms with E-state index in [1.165, 1.54) is 0 Å². The summed E-state index contributed by atoms with van der Waals surface area (Å²) in [5.41, 5.74) is 0. The molecule has 0 rings (SSSR count). The maximum atomic E-state index is 8.52. The van der Waals surface area contributed by atoms with Crippen LogP contribution in [0.3, 0.4) is 0 Å². The summed E-state index contributed by atoms with van der Waals surface area (Å²) in [5.74, 6) is 0. The van der Waals surface area contributed by atoms with Crippen LogP contribution in [-0.2, 0) is 42.1 Å². The second-order valence-corrected chi connectivity index (χ2v) is 1.22. The zero-order chi connectivity index (χ0) is 4.50. The van der Waals surface area contributed by atoms with Gasteiger partial charge in [0.05, 0.1) is 0 Å². The molecule has 0 aromatic heterocycles. The summed E-state index contributed by atoms with van der Waals surface area (Å²) in [6.45, 7) is 0. The Balaban J connectivity index is -0.0000000800. The molecule has 0 unspecified atom stereocenters. The van der Waals surface area contributed by atoms with Crippen molar-refractivity contribution in [3.8, 4) is 0 Å². The third-order valence-corrected chi connectivity index (χ3v) is 0. The van der Waals surface area contributed by atoms with Gasteiger partial charge < -0.3 is 14.6 Å². The van der Waals surface area contributed by atoms with E-state index < -0.39 is 10.4 Å². The van der Waals surface area contributed by atoms with Crippen molar-refractivity contribution in [1.82, 2.24) is 0 Å². The molecule has 7 heavy (non-hydrogen) atoms. The summed E-state index contributed by atoms with van der Waals surface area (Å²) < 4.78 is 34.1. The van der Waals surface area contributed by atoms with Gasteiger partial charge in [0.15, 0.2) is 0 Å². The summed E-state index contributed by atoms with van der Waals surface area (Å²) in [6, 6.07) is 0. The summed E-state index contributed by atoms with van der Waals surface area (Å²) in [6.07, 6.45) is 0. The van der Waals surface area contributed by atoms with Crippen molar-refractivity contribution in [3.05, 3.63) is 0 Å². The van der Waals surface area contributed by atoms with Crippen molar-refractivity contribution in [2.75, 3.05) is 0 Å². The molecule has 0 aliphatic rings. The van der Waals surface area contributed by atoms with Gasteiger partial charge >= 0.3 is 26.2 Å². The van der Waals surface area contributed by atoms with E-state index in [0.717, 1.165) is 0 Å². The Morgan fingerprint density at radius 3 is 1.14 bits per heavy atom. The molecule has 0 aromatic rings. The number of hydrogen-bond donors (Lipinski definition) is 0. The Labute approximate surface area is 59.7 Å². The third-order valence-electron chi connectivity index (χ3n) is 0. The Kier molecular flexibility index (Phi) is 10.9. The van der Waals surface area contributed by atoms with E-state index in [1.54, 1.807) is 0 Å². The Morgan fingerprint density at radius 2 is 1.14 bits per heavy atom. The molecular weight excluding hydrogens is 203 g/mol. The first-order valence-electron chi connectivity index (χ1n) is 0.667. The zero-order valence-electron chi connectivity index (χ0n) is 2.95. The molecule has 0 saturated heterocycles. The Bertz CT molecular complexity index is 91.2. The van der Waals surface area contributed by atoms with Crippen molar-refractivity contribution in [1.29, 1.82) is 0 Å². The smallest absolute Gasteiger partial charge is 2.00 e. The van der Waals surface area contributed by atoms with Gasteiger partial charge in [-0.05, 0) is 0 Å². The molecule has 0 heterocycles.